The summed E-state index contributed by atoms with van der Waals surface area (Å²) in [6.07, 6.45) is 0.237. The number of halogens is 1. The zero-order valence-corrected chi connectivity index (χ0v) is 20.7. The fourth-order valence-corrected chi connectivity index (χ4v) is 4.29. The van der Waals surface area contributed by atoms with Crippen molar-refractivity contribution in [2.45, 2.75) is 39.7 Å². The molecule has 0 saturated carbocycles. The molecule has 0 radical (unpaired) electrons. The molecule has 2 aliphatic rings. The van der Waals surface area contributed by atoms with E-state index in [0.29, 0.717) is 47.8 Å². The van der Waals surface area contributed by atoms with Gasteiger partial charge in [0.15, 0.2) is 0 Å². The third-order valence-corrected chi connectivity index (χ3v) is 6.03. The van der Waals surface area contributed by atoms with Crippen LogP contribution in [-0.4, -0.2) is 44.3 Å². The maximum atomic E-state index is 14.9. The lowest BCUT2D eigenvalue weighted by Crippen LogP contribution is -2.33. The molecule has 1 aromatic carbocycles. The van der Waals surface area contributed by atoms with E-state index in [4.69, 9.17) is 4.74 Å². The number of allylic oxidation sites excluding steroid dienone is 1. The third kappa shape index (κ3) is 6.64. The number of piperidine rings is 1. The van der Waals surface area contributed by atoms with Crippen molar-refractivity contribution < 1.29 is 18.7 Å². The van der Waals surface area contributed by atoms with Gasteiger partial charge >= 0.3 is 6.09 Å². The van der Waals surface area contributed by atoms with Crippen molar-refractivity contribution in [1.29, 1.82) is 5.26 Å². The van der Waals surface area contributed by atoms with E-state index >= 15 is 0 Å². The van der Waals surface area contributed by atoms with Gasteiger partial charge in [-0.25, -0.2) is 9.18 Å². The molecule has 0 aromatic heterocycles. The number of ether oxygens (including phenoxy) is 1. The number of benzene rings is 1. The highest BCUT2D eigenvalue weighted by atomic mass is 32.2. The van der Waals surface area contributed by atoms with E-state index in [9.17, 15) is 19.2 Å². The van der Waals surface area contributed by atoms with Gasteiger partial charge in [-0.1, -0.05) is 38.8 Å². The molecule has 3 rings (SSSR count). The van der Waals surface area contributed by atoms with Crippen molar-refractivity contribution in [3.63, 3.8) is 0 Å². The monoisotopic (exact) mass is 486 g/mol. The topological polar surface area (TPSA) is 85.7 Å². The van der Waals surface area contributed by atoms with Crippen molar-refractivity contribution >= 4 is 35.1 Å². The Hall–Kier alpha value is -3.25. The molecule has 2 amide bonds. The maximum absolute atomic E-state index is 14.9. The standard InChI is InChI=1S/C23H25FN4O3S.C2H6/c1-4-32-15(2)20(12-25)17-7-9-27(10-8-17)22-6-5-18(11-21(22)24)28-14-19(31-23(28)30)13-26-16(3)29;1-2/h4-6,11,19H,1-2,7-10,13-14H2,3H3,(H,26,29);1-2H3/t19-;/m0./s1. The van der Waals surface area contributed by atoms with Crippen LogP contribution in [0.25, 0.3) is 0 Å². The largest absolute Gasteiger partial charge is 0.442 e. The van der Waals surface area contributed by atoms with Gasteiger partial charge in [0.2, 0.25) is 5.91 Å². The van der Waals surface area contributed by atoms with Gasteiger partial charge in [0, 0.05) is 24.9 Å². The van der Waals surface area contributed by atoms with E-state index in [0.717, 1.165) is 5.57 Å². The average Bonchev–Trinajstić information content (AvgIpc) is 3.21. The first-order valence-corrected chi connectivity index (χ1v) is 12.1. The minimum absolute atomic E-state index is 0.208. The van der Waals surface area contributed by atoms with Gasteiger partial charge in [0.25, 0.3) is 0 Å². The SMILES string of the molecule is C=CSC(=C)C(C#N)=C1CCN(c2ccc(N3C[C@H](CNC(C)=O)OC3=O)cc2F)CC1.CC. The number of cyclic esters (lactones) is 1. The van der Waals surface area contributed by atoms with E-state index in [-0.39, 0.29) is 19.0 Å². The molecule has 1 atom stereocenters. The van der Waals surface area contributed by atoms with Crippen molar-refractivity contribution in [3.05, 3.63) is 58.6 Å². The number of rotatable bonds is 7. The van der Waals surface area contributed by atoms with Crippen LogP contribution in [0.2, 0.25) is 0 Å². The summed E-state index contributed by atoms with van der Waals surface area (Å²) in [7, 11) is 0. The third-order valence-electron chi connectivity index (χ3n) is 5.37. The molecule has 2 heterocycles. The Morgan fingerprint density at radius 2 is 2.06 bits per heavy atom. The zero-order chi connectivity index (χ0) is 25.3. The van der Waals surface area contributed by atoms with Crippen LogP contribution in [0.1, 0.15) is 33.6 Å². The summed E-state index contributed by atoms with van der Waals surface area (Å²) in [6.45, 7) is 14.6. The lowest BCUT2D eigenvalue weighted by atomic mass is 9.98. The molecular weight excluding hydrogens is 455 g/mol. The predicted molar refractivity (Wildman–Crippen MR) is 135 cm³/mol. The molecule has 0 aliphatic carbocycles. The Labute approximate surface area is 204 Å². The van der Waals surface area contributed by atoms with Gasteiger partial charge in [0.1, 0.15) is 18.0 Å². The quantitative estimate of drug-likeness (QED) is 0.538. The van der Waals surface area contributed by atoms with Gasteiger partial charge in [-0.2, -0.15) is 5.26 Å². The van der Waals surface area contributed by atoms with Gasteiger partial charge in [-0.3, -0.25) is 9.69 Å². The second-order valence-corrected chi connectivity index (χ2v) is 8.54. The number of thioether (sulfide) groups is 1. The normalized spacial score (nSPS) is 17.2. The molecule has 0 unspecified atom stereocenters. The number of hydrogen-bond donors (Lipinski definition) is 1. The number of amides is 2. The molecule has 0 bridgehead atoms. The molecular formula is C25H31FN4O3S. The van der Waals surface area contributed by atoms with Crippen LogP contribution in [-0.2, 0) is 9.53 Å². The van der Waals surface area contributed by atoms with E-state index in [2.05, 4.69) is 24.5 Å². The Morgan fingerprint density at radius 3 is 2.62 bits per heavy atom. The van der Waals surface area contributed by atoms with Crippen molar-refractivity contribution in [2.75, 3.05) is 36.0 Å². The summed E-state index contributed by atoms with van der Waals surface area (Å²) in [5.41, 5.74) is 2.47. The van der Waals surface area contributed by atoms with Crippen molar-refractivity contribution in [1.82, 2.24) is 5.32 Å². The summed E-state index contributed by atoms with van der Waals surface area (Å²) in [4.78, 5) is 27.2. The first-order chi connectivity index (χ1) is 16.3. The molecule has 7 nitrogen and oxygen atoms in total. The molecule has 2 saturated heterocycles. The summed E-state index contributed by atoms with van der Waals surface area (Å²) >= 11 is 1.33. The number of nitrogens with one attached hydrogen (secondary N) is 1. The van der Waals surface area contributed by atoms with E-state index in [1.807, 2.05) is 18.7 Å². The van der Waals surface area contributed by atoms with Gasteiger partial charge in [0.05, 0.1) is 30.0 Å². The lowest BCUT2D eigenvalue weighted by molar-refractivity contribution is -0.119. The van der Waals surface area contributed by atoms with Crippen LogP contribution in [0, 0.1) is 17.1 Å². The Balaban J connectivity index is 0.00000199. The van der Waals surface area contributed by atoms with Crippen molar-refractivity contribution in [2.24, 2.45) is 0 Å². The van der Waals surface area contributed by atoms with Crippen LogP contribution in [0.3, 0.4) is 0 Å². The van der Waals surface area contributed by atoms with Crippen LogP contribution >= 0.6 is 11.8 Å². The smallest absolute Gasteiger partial charge is 0.414 e. The predicted octanol–water partition coefficient (Wildman–Crippen LogP) is 5.12. The summed E-state index contributed by atoms with van der Waals surface area (Å²) < 4.78 is 20.2. The molecule has 0 spiro atoms. The van der Waals surface area contributed by atoms with Crippen LogP contribution in [0.4, 0.5) is 20.6 Å². The van der Waals surface area contributed by atoms with Crippen LogP contribution < -0.4 is 15.1 Å². The highest BCUT2D eigenvalue weighted by Gasteiger charge is 2.33. The Bertz CT molecular complexity index is 1010. The molecule has 182 valence electrons. The van der Waals surface area contributed by atoms with E-state index in [1.54, 1.807) is 17.5 Å². The number of anilines is 2. The number of hydrogen-bond acceptors (Lipinski definition) is 6. The Morgan fingerprint density at radius 1 is 1.38 bits per heavy atom. The Kier molecular flexibility index (Phi) is 10.2. The molecule has 9 heteroatoms. The lowest BCUT2D eigenvalue weighted by Gasteiger charge is -2.31. The second-order valence-electron chi connectivity index (χ2n) is 7.47. The second kappa shape index (κ2) is 12.8. The molecule has 2 aliphatic heterocycles. The minimum Gasteiger partial charge on any atom is -0.442 e. The molecule has 34 heavy (non-hydrogen) atoms. The van der Waals surface area contributed by atoms with Gasteiger partial charge < -0.3 is 15.0 Å². The number of carbonyl (C=O) groups excluding carboxylic acids is 2. The van der Waals surface area contributed by atoms with Crippen LogP contribution in [0.5, 0.6) is 0 Å². The highest BCUT2D eigenvalue weighted by molar-refractivity contribution is 8.06. The molecule has 2 fully saturated rings. The average molecular weight is 487 g/mol. The van der Waals surface area contributed by atoms with Crippen LogP contribution in [0.15, 0.2) is 52.8 Å². The minimum atomic E-state index is -0.568. The zero-order valence-electron chi connectivity index (χ0n) is 19.9. The number of carbonyl (C=O) groups is 2. The maximum Gasteiger partial charge on any atom is 0.414 e. The van der Waals surface area contributed by atoms with Gasteiger partial charge in [-0.15, -0.1) is 0 Å². The first kappa shape index (κ1) is 27.0. The highest BCUT2D eigenvalue weighted by Crippen LogP contribution is 2.33. The number of nitriles is 1. The van der Waals surface area contributed by atoms with E-state index in [1.165, 1.54) is 29.7 Å². The fraction of sp³-hybridized carbons (Fsp3) is 0.400. The fourth-order valence-electron chi connectivity index (χ4n) is 3.78. The van der Waals surface area contributed by atoms with E-state index < -0.39 is 18.0 Å². The number of nitrogens with zero attached hydrogens (tertiary/aromatic N) is 3. The summed E-state index contributed by atoms with van der Waals surface area (Å²) in [5.74, 6) is -0.639. The molecule has 1 N–H and O–H groups in total. The van der Waals surface area contributed by atoms with Gasteiger partial charge in [-0.05, 0) is 42.0 Å². The first-order valence-electron chi connectivity index (χ1n) is 11.2. The summed E-state index contributed by atoms with van der Waals surface area (Å²) in [5, 5.41) is 13.7. The summed E-state index contributed by atoms with van der Waals surface area (Å²) in [6, 6.07) is 6.90. The van der Waals surface area contributed by atoms with Crippen molar-refractivity contribution in [3.8, 4) is 6.07 Å². The molecule has 1 aromatic rings.